The summed E-state index contributed by atoms with van der Waals surface area (Å²) < 4.78 is 12.5. The minimum absolute atomic E-state index is 0.162. The van der Waals surface area contributed by atoms with Crippen LogP contribution in [-0.2, 0) is 0 Å². The molecule has 0 unspecified atom stereocenters. The van der Waals surface area contributed by atoms with Gasteiger partial charge in [0.2, 0.25) is 0 Å². The van der Waals surface area contributed by atoms with Crippen LogP contribution in [0.1, 0.15) is 17.9 Å². The van der Waals surface area contributed by atoms with E-state index in [1.54, 1.807) is 12.1 Å². The number of nitriles is 1. The molecular weight excluding hydrogens is 153 g/mol. The van der Waals surface area contributed by atoms with Crippen LogP contribution < -0.4 is 0 Å². The maximum Gasteiger partial charge on any atom is 0.123 e. The molecule has 0 bridgehead atoms. The van der Waals surface area contributed by atoms with Gasteiger partial charge in [-0.25, -0.2) is 4.39 Å². The third-order valence-electron chi connectivity index (χ3n) is 2.25. The Hall–Kier alpha value is -1.36. The zero-order valence-corrected chi connectivity index (χ0v) is 6.50. The number of benzene rings is 1. The predicted octanol–water partition coefficient (Wildman–Crippen LogP) is 2.45. The molecule has 0 saturated heterocycles. The lowest BCUT2D eigenvalue weighted by molar-refractivity contribution is 0.627. The Balaban J connectivity index is 2.17. The van der Waals surface area contributed by atoms with Gasteiger partial charge in [-0.15, -0.1) is 0 Å². The van der Waals surface area contributed by atoms with Crippen molar-refractivity contribution >= 4 is 0 Å². The van der Waals surface area contributed by atoms with E-state index < -0.39 is 0 Å². The van der Waals surface area contributed by atoms with Crippen LogP contribution in [0, 0.1) is 23.1 Å². The van der Waals surface area contributed by atoms with E-state index in [0.717, 1.165) is 12.0 Å². The molecule has 0 spiro atoms. The quantitative estimate of drug-likeness (QED) is 0.620. The van der Waals surface area contributed by atoms with Crippen LogP contribution in [0.25, 0.3) is 0 Å². The first kappa shape index (κ1) is 7.30. The Morgan fingerprint density at radius 3 is 2.50 bits per heavy atom. The zero-order chi connectivity index (χ0) is 8.55. The summed E-state index contributed by atoms with van der Waals surface area (Å²) >= 11 is 0. The van der Waals surface area contributed by atoms with Gasteiger partial charge in [-0.05, 0) is 24.1 Å². The Kier molecular flexibility index (Phi) is 1.58. The molecule has 0 amide bonds. The summed E-state index contributed by atoms with van der Waals surface area (Å²) in [6, 6.07) is 8.62. The SMILES string of the molecule is N#C[C@H]1C[C@@H]1c1ccc(F)cc1. The fourth-order valence-electron chi connectivity index (χ4n) is 1.42. The largest absolute Gasteiger partial charge is 0.207 e. The lowest BCUT2D eigenvalue weighted by Crippen LogP contribution is -1.81. The van der Waals surface area contributed by atoms with Crippen molar-refractivity contribution in [2.45, 2.75) is 12.3 Å². The fraction of sp³-hybridized carbons (Fsp3) is 0.300. The molecule has 0 aliphatic heterocycles. The number of hydrogen-bond acceptors (Lipinski definition) is 1. The first-order chi connectivity index (χ1) is 5.81. The van der Waals surface area contributed by atoms with Crippen LogP contribution in [-0.4, -0.2) is 0 Å². The molecule has 2 rings (SSSR count). The van der Waals surface area contributed by atoms with Crippen molar-refractivity contribution in [2.75, 3.05) is 0 Å². The zero-order valence-electron chi connectivity index (χ0n) is 6.50. The molecule has 1 aromatic rings. The minimum atomic E-state index is -0.215. The smallest absolute Gasteiger partial charge is 0.123 e. The Morgan fingerprint density at radius 2 is 2.00 bits per heavy atom. The Labute approximate surface area is 70.4 Å². The lowest BCUT2D eigenvalue weighted by atomic mass is 10.1. The van der Waals surface area contributed by atoms with Crippen molar-refractivity contribution in [1.82, 2.24) is 0 Å². The van der Waals surface area contributed by atoms with Crippen molar-refractivity contribution in [3.8, 4) is 6.07 Å². The van der Waals surface area contributed by atoms with Gasteiger partial charge in [0.25, 0.3) is 0 Å². The molecule has 12 heavy (non-hydrogen) atoms. The molecule has 1 saturated carbocycles. The average molecular weight is 161 g/mol. The van der Waals surface area contributed by atoms with Gasteiger partial charge < -0.3 is 0 Å². The second-order valence-corrected chi connectivity index (χ2v) is 3.13. The van der Waals surface area contributed by atoms with E-state index in [1.807, 2.05) is 0 Å². The highest BCUT2D eigenvalue weighted by Gasteiger charge is 2.38. The van der Waals surface area contributed by atoms with Crippen LogP contribution in [0.15, 0.2) is 24.3 Å². The topological polar surface area (TPSA) is 23.8 Å². The lowest BCUT2D eigenvalue weighted by Gasteiger charge is -1.95. The molecule has 2 heteroatoms. The average Bonchev–Trinajstić information content (AvgIpc) is 2.85. The highest BCUT2D eigenvalue weighted by atomic mass is 19.1. The normalized spacial score (nSPS) is 26.3. The summed E-state index contributed by atoms with van der Waals surface area (Å²) in [7, 11) is 0. The van der Waals surface area contributed by atoms with Gasteiger partial charge in [0.15, 0.2) is 0 Å². The van der Waals surface area contributed by atoms with Crippen LogP contribution >= 0.6 is 0 Å². The van der Waals surface area contributed by atoms with E-state index in [4.69, 9.17) is 5.26 Å². The highest BCUT2D eigenvalue weighted by molar-refractivity contribution is 5.29. The molecule has 1 nitrogen and oxygen atoms in total. The van der Waals surface area contributed by atoms with Gasteiger partial charge in [0.05, 0.1) is 12.0 Å². The fourth-order valence-corrected chi connectivity index (χ4v) is 1.42. The van der Waals surface area contributed by atoms with Crippen LogP contribution in [0.5, 0.6) is 0 Å². The van der Waals surface area contributed by atoms with E-state index in [1.165, 1.54) is 12.1 Å². The standard InChI is InChI=1S/C10H8FN/c11-9-3-1-7(2-4-9)10-5-8(10)6-12/h1-4,8,10H,5H2/t8-,10-/m1/s1. The molecule has 1 fully saturated rings. The number of halogens is 1. The third kappa shape index (κ3) is 1.18. The van der Waals surface area contributed by atoms with E-state index in [9.17, 15) is 4.39 Å². The molecule has 0 heterocycles. The van der Waals surface area contributed by atoms with Gasteiger partial charge in [-0.3, -0.25) is 0 Å². The predicted molar refractivity (Wildman–Crippen MR) is 42.9 cm³/mol. The molecule has 60 valence electrons. The third-order valence-corrected chi connectivity index (χ3v) is 2.25. The molecule has 2 atom stereocenters. The summed E-state index contributed by atoms with van der Waals surface area (Å²) in [5.74, 6) is 0.305. The molecular formula is C10H8FN. The van der Waals surface area contributed by atoms with Gasteiger partial charge in [0, 0.05) is 5.92 Å². The van der Waals surface area contributed by atoms with E-state index in [-0.39, 0.29) is 11.7 Å². The summed E-state index contributed by atoms with van der Waals surface area (Å²) in [6.07, 6.45) is 0.933. The van der Waals surface area contributed by atoms with E-state index >= 15 is 0 Å². The summed E-state index contributed by atoms with van der Waals surface area (Å²) in [6.45, 7) is 0. The first-order valence-electron chi connectivity index (χ1n) is 3.96. The van der Waals surface area contributed by atoms with Gasteiger partial charge >= 0.3 is 0 Å². The number of hydrogen-bond donors (Lipinski definition) is 0. The van der Waals surface area contributed by atoms with Gasteiger partial charge in [-0.1, -0.05) is 12.1 Å². The second-order valence-electron chi connectivity index (χ2n) is 3.13. The Bertz CT molecular complexity index is 323. The second kappa shape index (κ2) is 2.60. The van der Waals surface area contributed by atoms with E-state index in [0.29, 0.717) is 5.92 Å². The molecule has 0 radical (unpaired) electrons. The van der Waals surface area contributed by atoms with Crippen LogP contribution in [0.2, 0.25) is 0 Å². The van der Waals surface area contributed by atoms with E-state index in [2.05, 4.69) is 6.07 Å². The van der Waals surface area contributed by atoms with Crippen molar-refractivity contribution < 1.29 is 4.39 Å². The van der Waals surface area contributed by atoms with Crippen molar-refractivity contribution in [1.29, 1.82) is 5.26 Å². The minimum Gasteiger partial charge on any atom is -0.207 e. The van der Waals surface area contributed by atoms with Gasteiger partial charge in [0.1, 0.15) is 5.82 Å². The van der Waals surface area contributed by atoms with Gasteiger partial charge in [-0.2, -0.15) is 5.26 Å². The van der Waals surface area contributed by atoms with Crippen molar-refractivity contribution in [3.05, 3.63) is 35.6 Å². The molecule has 1 aromatic carbocycles. The van der Waals surface area contributed by atoms with Crippen molar-refractivity contribution in [3.63, 3.8) is 0 Å². The first-order valence-corrected chi connectivity index (χ1v) is 3.96. The molecule has 1 aliphatic rings. The van der Waals surface area contributed by atoms with Crippen LogP contribution in [0.3, 0.4) is 0 Å². The molecule has 0 N–H and O–H groups in total. The summed E-state index contributed by atoms with van der Waals surface area (Å²) in [5, 5.41) is 8.57. The number of rotatable bonds is 1. The summed E-state index contributed by atoms with van der Waals surface area (Å²) in [4.78, 5) is 0. The number of nitrogens with zero attached hydrogens (tertiary/aromatic N) is 1. The maximum absolute atomic E-state index is 12.5. The highest BCUT2D eigenvalue weighted by Crippen LogP contribution is 2.46. The van der Waals surface area contributed by atoms with Crippen LogP contribution in [0.4, 0.5) is 4.39 Å². The molecule has 1 aliphatic carbocycles. The maximum atomic E-state index is 12.5. The Morgan fingerprint density at radius 1 is 1.33 bits per heavy atom. The monoisotopic (exact) mass is 161 g/mol. The van der Waals surface area contributed by atoms with Crippen molar-refractivity contribution in [2.24, 2.45) is 5.92 Å². The summed E-state index contributed by atoms with van der Waals surface area (Å²) in [5.41, 5.74) is 1.09. The molecule has 0 aromatic heterocycles.